The van der Waals surface area contributed by atoms with Crippen LogP contribution in [0.25, 0.3) is 5.57 Å². The van der Waals surface area contributed by atoms with E-state index in [4.69, 9.17) is 14.2 Å². The van der Waals surface area contributed by atoms with Crippen LogP contribution in [0.1, 0.15) is 62.8 Å². The van der Waals surface area contributed by atoms with Gasteiger partial charge >= 0.3 is 18.2 Å². The summed E-state index contributed by atoms with van der Waals surface area (Å²) in [5, 5.41) is 0. The van der Waals surface area contributed by atoms with Gasteiger partial charge in [0.15, 0.2) is 0 Å². The summed E-state index contributed by atoms with van der Waals surface area (Å²) >= 11 is 0. The second-order valence-corrected chi connectivity index (χ2v) is 8.47. The number of halogens is 3. The first kappa shape index (κ1) is 34.8. The molecule has 0 heterocycles. The summed E-state index contributed by atoms with van der Waals surface area (Å²) < 4.78 is 57.3. The standard InChI is InChI=1S/C30H36F3NO5.C2H2/c1-5-27(37-7-3)26(15-12-16-28(35)38-8-4)25-18-17-24(30(31,32)33)19-23(25)20-34(6-2)29(36)39-21-22-13-10-9-11-14-22;1-2/h5,9-11,13-15,17-19H,6-8,12,16,20-21H2,1-4H3;1-2H/b26-15-,27-5+;. The van der Waals surface area contributed by atoms with Crippen LogP contribution >= 0.6 is 0 Å². The molecule has 41 heavy (non-hydrogen) atoms. The number of carbonyl (C=O) groups excluding carboxylic acids is 2. The van der Waals surface area contributed by atoms with Gasteiger partial charge in [-0.15, -0.1) is 12.8 Å². The fourth-order valence-electron chi connectivity index (χ4n) is 3.87. The summed E-state index contributed by atoms with van der Waals surface area (Å²) in [4.78, 5) is 26.1. The van der Waals surface area contributed by atoms with Gasteiger partial charge in [0.05, 0.1) is 18.8 Å². The fourth-order valence-corrected chi connectivity index (χ4v) is 3.87. The van der Waals surface area contributed by atoms with Crippen LogP contribution in [0.3, 0.4) is 0 Å². The van der Waals surface area contributed by atoms with E-state index in [-0.39, 0.29) is 50.7 Å². The number of carbonyl (C=O) groups is 2. The lowest BCUT2D eigenvalue weighted by atomic mass is 9.94. The first-order chi connectivity index (χ1) is 19.6. The predicted molar refractivity (Wildman–Crippen MR) is 153 cm³/mol. The zero-order chi connectivity index (χ0) is 30.8. The Morgan fingerprint density at radius 2 is 1.61 bits per heavy atom. The van der Waals surface area contributed by atoms with E-state index in [1.807, 2.05) is 30.3 Å². The SMILES string of the molecule is C#C.C/C=C(OCC)\C(=C/CCC(=O)OCC)c1ccc(C(F)(F)F)cc1CN(CC)C(=O)OCc1ccccc1. The number of ether oxygens (including phenoxy) is 3. The van der Waals surface area contributed by atoms with Crippen molar-refractivity contribution in [2.45, 2.75) is 59.9 Å². The van der Waals surface area contributed by atoms with Crippen LogP contribution in [-0.2, 0) is 38.3 Å². The van der Waals surface area contributed by atoms with Crippen molar-refractivity contribution in [3.8, 4) is 12.8 Å². The van der Waals surface area contributed by atoms with Gasteiger partial charge in [0.1, 0.15) is 12.4 Å². The Labute approximate surface area is 240 Å². The van der Waals surface area contributed by atoms with Crippen molar-refractivity contribution in [3.63, 3.8) is 0 Å². The van der Waals surface area contributed by atoms with Crippen LogP contribution in [-0.4, -0.2) is 36.7 Å². The van der Waals surface area contributed by atoms with E-state index in [9.17, 15) is 22.8 Å². The third kappa shape index (κ3) is 11.4. The Morgan fingerprint density at radius 3 is 2.17 bits per heavy atom. The van der Waals surface area contributed by atoms with Crippen molar-refractivity contribution >= 4 is 17.6 Å². The van der Waals surface area contributed by atoms with Gasteiger partial charge in [-0.25, -0.2) is 4.79 Å². The first-order valence-corrected chi connectivity index (χ1v) is 13.3. The number of terminal acetylenes is 1. The smallest absolute Gasteiger partial charge is 0.416 e. The number of benzene rings is 2. The monoisotopic (exact) mass is 573 g/mol. The lowest BCUT2D eigenvalue weighted by Gasteiger charge is -2.24. The molecule has 2 rings (SSSR count). The van der Waals surface area contributed by atoms with E-state index in [0.29, 0.717) is 23.5 Å². The fraction of sp³-hybridized carbons (Fsp3) is 0.375. The lowest BCUT2D eigenvalue weighted by Crippen LogP contribution is -2.31. The number of rotatable bonds is 13. The maximum Gasteiger partial charge on any atom is 0.416 e. The highest BCUT2D eigenvalue weighted by Crippen LogP contribution is 2.35. The zero-order valence-electron chi connectivity index (χ0n) is 24.0. The summed E-state index contributed by atoms with van der Waals surface area (Å²) in [6.07, 6.45) is 6.63. The van der Waals surface area contributed by atoms with E-state index in [1.54, 1.807) is 39.8 Å². The van der Waals surface area contributed by atoms with Gasteiger partial charge in [0.25, 0.3) is 0 Å². The van der Waals surface area contributed by atoms with Crippen molar-refractivity contribution in [1.82, 2.24) is 4.90 Å². The molecule has 6 nitrogen and oxygen atoms in total. The minimum Gasteiger partial charge on any atom is -0.494 e. The zero-order valence-corrected chi connectivity index (χ0v) is 24.0. The lowest BCUT2D eigenvalue weighted by molar-refractivity contribution is -0.143. The average molecular weight is 574 g/mol. The minimum atomic E-state index is -4.57. The van der Waals surface area contributed by atoms with E-state index >= 15 is 0 Å². The van der Waals surface area contributed by atoms with Crippen LogP contribution in [0.4, 0.5) is 18.0 Å². The molecule has 0 saturated heterocycles. The molecule has 2 aromatic rings. The number of esters is 1. The van der Waals surface area contributed by atoms with Gasteiger partial charge < -0.3 is 19.1 Å². The quantitative estimate of drug-likeness (QED) is 0.106. The summed E-state index contributed by atoms with van der Waals surface area (Å²) in [6.45, 7) is 7.72. The molecule has 0 bridgehead atoms. The molecule has 9 heteroatoms. The Morgan fingerprint density at radius 1 is 0.951 bits per heavy atom. The number of amides is 1. The second kappa shape index (κ2) is 18.2. The summed E-state index contributed by atoms with van der Waals surface area (Å²) in [5.74, 6) is 0.0783. The van der Waals surface area contributed by atoms with Gasteiger partial charge in [0.2, 0.25) is 0 Å². The van der Waals surface area contributed by atoms with Crippen molar-refractivity contribution < 1.29 is 37.0 Å². The van der Waals surface area contributed by atoms with Crippen LogP contribution in [0.15, 0.2) is 66.4 Å². The highest BCUT2D eigenvalue weighted by atomic mass is 19.4. The Kier molecular flexibility index (Phi) is 15.5. The number of allylic oxidation sites excluding steroid dienone is 3. The molecule has 0 aliphatic carbocycles. The van der Waals surface area contributed by atoms with E-state index in [0.717, 1.165) is 17.7 Å². The largest absolute Gasteiger partial charge is 0.494 e. The molecule has 0 spiro atoms. The summed E-state index contributed by atoms with van der Waals surface area (Å²) in [6, 6.07) is 12.5. The molecule has 0 aromatic heterocycles. The highest BCUT2D eigenvalue weighted by molar-refractivity contribution is 5.80. The van der Waals surface area contributed by atoms with Crippen LogP contribution in [0.2, 0.25) is 0 Å². The number of alkyl halides is 3. The molecule has 0 saturated carbocycles. The van der Waals surface area contributed by atoms with Crippen molar-refractivity contribution in [3.05, 3.63) is 88.7 Å². The van der Waals surface area contributed by atoms with Crippen LogP contribution < -0.4 is 0 Å². The molecule has 2 aromatic carbocycles. The third-order valence-electron chi connectivity index (χ3n) is 5.76. The number of hydrogen-bond acceptors (Lipinski definition) is 5. The number of nitrogens with zero attached hydrogens (tertiary/aromatic N) is 1. The van der Waals surface area contributed by atoms with Gasteiger partial charge in [-0.3, -0.25) is 4.79 Å². The molecule has 0 atom stereocenters. The molecule has 0 unspecified atom stereocenters. The Balaban J connectivity index is 0.00000411. The van der Waals surface area contributed by atoms with Gasteiger partial charge in [-0.1, -0.05) is 42.5 Å². The topological polar surface area (TPSA) is 65.1 Å². The molecular formula is C32H38F3NO5. The maximum atomic E-state index is 13.7. The second-order valence-electron chi connectivity index (χ2n) is 8.47. The van der Waals surface area contributed by atoms with Gasteiger partial charge in [-0.05, 0) is 69.0 Å². The molecule has 0 aliphatic heterocycles. The average Bonchev–Trinajstić information content (AvgIpc) is 2.97. The summed E-state index contributed by atoms with van der Waals surface area (Å²) in [5.41, 5.74) is 1.22. The predicted octanol–water partition coefficient (Wildman–Crippen LogP) is 7.78. The van der Waals surface area contributed by atoms with E-state index < -0.39 is 17.8 Å². The first-order valence-electron chi connectivity index (χ1n) is 13.3. The van der Waals surface area contributed by atoms with E-state index in [1.165, 1.54) is 11.0 Å². The number of hydrogen-bond donors (Lipinski definition) is 0. The van der Waals surface area contributed by atoms with Crippen molar-refractivity contribution in [2.24, 2.45) is 0 Å². The van der Waals surface area contributed by atoms with Crippen molar-refractivity contribution in [1.29, 1.82) is 0 Å². The Bertz CT molecular complexity index is 1190. The van der Waals surface area contributed by atoms with Crippen molar-refractivity contribution in [2.75, 3.05) is 19.8 Å². The molecular weight excluding hydrogens is 535 g/mol. The minimum absolute atomic E-state index is 0.0394. The molecule has 0 N–H and O–H groups in total. The van der Waals surface area contributed by atoms with Gasteiger partial charge in [-0.2, -0.15) is 13.2 Å². The molecule has 1 amide bonds. The molecule has 0 fully saturated rings. The van der Waals surface area contributed by atoms with Crippen LogP contribution in [0.5, 0.6) is 0 Å². The molecule has 0 aliphatic rings. The third-order valence-corrected chi connectivity index (χ3v) is 5.76. The molecule has 222 valence electrons. The van der Waals surface area contributed by atoms with E-state index in [2.05, 4.69) is 12.8 Å². The highest BCUT2D eigenvalue weighted by Gasteiger charge is 2.32. The normalized spacial score (nSPS) is 11.6. The molecule has 0 radical (unpaired) electrons. The van der Waals surface area contributed by atoms with Gasteiger partial charge in [0, 0.05) is 25.1 Å². The Hall–Kier alpha value is -4.19. The van der Waals surface area contributed by atoms with Crippen LogP contribution in [0, 0.1) is 12.8 Å². The maximum absolute atomic E-state index is 13.7. The summed E-state index contributed by atoms with van der Waals surface area (Å²) in [7, 11) is 0.